The Morgan fingerprint density at radius 1 is 1.08 bits per heavy atom. The van der Waals surface area contributed by atoms with Crippen molar-refractivity contribution in [3.63, 3.8) is 0 Å². The van der Waals surface area contributed by atoms with Gasteiger partial charge in [0.2, 0.25) is 0 Å². The van der Waals surface area contributed by atoms with E-state index in [9.17, 15) is 24.1 Å². The van der Waals surface area contributed by atoms with Crippen LogP contribution >= 0.6 is 11.6 Å². The van der Waals surface area contributed by atoms with E-state index in [1.165, 1.54) is 12.1 Å². The Hall–Kier alpha value is -3.36. The standard InChI is InChI=1S/C29H32BClFNO5/c1-29(27(34)35,19-33-28(36)38-18-21-6-4-3-5-7-21)16-22(17-30(2)37)14-20-8-10-23(11-9-20)25-15-24(31)12-13-26(25)32/h3-13,15,22,37H,14,16-19H2,1-2H3,(H,33,36)(H,34,35)/t22-,29+/m1/s1. The Morgan fingerprint density at radius 3 is 2.39 bits per heavy atom. The van der Waals surface area contributed by atoms with Crippen molar-refractivity contribution in [2.45, 2.75) is 39.5 Å². The number of alkyl carbamates (subject to hydrolysis) is 1. The second kappa shape index (κ2) is 13.4. The third-order valence-electron chi connectivity index (χ3n) is 6.48. The molecule has 0 aliphatic rings. The van der Waals surface area contributed by atoms with E-state index in [2.05, 4.69) is 5.32 Å². The molecule has 0 unspecified atom stereocenters. The highest BCUT2D eigenvalue weighted by molar-refractivity contribution is 6.48. The smallest absolute Gasteiger partial charge is 0.407 e. The molecule has 200 valence electrons. The summed E-state index contributed by atoms with van der Waals surface area (Å²) in [6.45, 7) is 2.55. The summed E-state index contributed by atoms with van der Waals surface area (Å²) < 4.78 is 19.5. The maximum absolute atomic E-state index is 14.3. The number of aliphatic carboxylic acids is 1. The van der Waals surface area contributed by atoms with Crippen molar-refractivity contribution in [2.75, 3.05) is 6.54 Å². The van der Waals surface area contributed by atoms with Crippen LogP contribution in [0.4, 0.5) is 9.18 Å². The van der Waals surface area contributed by atoms with Gasteiger partial charge in [0.15, 0.2) is 0 Å². The van der Waals surface area contributed by atoms with E-state index in [1.807, 2.05) is 42.5 Å². The van der Waals surface area contributed by atoms with Crippen LogP contribution < -0.4 is 5.32 Å². The zero-order chi connectivity index (χ0) is 27.7. The molecule has 0 saturated carbocycles. The van der Waals surface area contributed by atoms with Gasteiger partial charge in [-0.25, -0.2) is 9.18 Å². The van der Waals surface area contributed by atoms with Gasteiger partial charge in [-0.1, -0.05) is 73.0 Å². The molecule has 3 rings (SSSR count). The first-order valence-electron chi connectivity index (χ1n) is 12.5. The van der Waals surface area contributed by atoms with E-state index in [0.29, 0.717) is 28.9 Å². The number of carbonyl (C=O) groups is 2. The van der Waals surface area contributed by atoms with Crippen molar-refractivity contribution in [1.82, 2.24) is 5.32 Å². The molecule has 0 spiro atoms. The lowest BCUT2D eigenvalue weighted by Crippen LogP contribution is -2.43. The number of carboxylic acid groups (broad SMARTS) is 1. The summed E-state index contributed by atoms with van der Waals surface area (Å²) in [5.74, 6) is -1.61. The highest BCUT2D eigenvalue weighted by atomic mass is 35.5. The monoisotopic (exact) mass is 539 g/mol. The van der Waals surface area contributed by atoms with Gasteiger partial charge in [0.05, 0.1) is 5.41 Å². The highest BCUT2D eigenvalue weighted by Gasteiger charge is 2.37. The van der Waals surface area contributed by atoms with Crippen LogP contribution in [-0.4, -0.2) is 35.7 Å². The van der Waals surface area contributed by atoms with Gasteiger partial charge >= 0.3 is 12.1 Å². The summed E-state index contributed by atoms with van der Waals surface area (Å²) in [7, 11) is 0. The van der Waals surface area contributed by atoms with Crippen LogP contribution in [-0.2, 0) is 22.6 Å². The number of benzene rings is 3. The Labute approximate surface area is 227 Å². The summed E-state index contributed by atoms with van der Waals surface area (Å²) in [5, 5.41) is 23.1. The van der Waals surface area contributed by atoms with Crippen LogP contribution in [0.15, 0.2) is 72.8 Å². The van der Waals surface area contributed by atoms with Crippen molar-refractivity contribution in [3.8, 4) is 11.1 Å². The third-order valence-corrected chi connectivity index (χ3v) is 6.72. The van der Waals surface area contributed by atoms with Crippen molar-refractivity contribution in [1.29, 1.82) is 0 Å². The van der Waals surface area contributed by atoms with Crippen LogP contribution in [0.3, 0.4) is 0 Å². The third kappa shape index (κ3) is 8.60. The molecule has 0 fully saturated rings. The summed E-state index contributed by atoms with van der Waals surface area (Å²) >= 11 is 6.02. The van der Waals surface area contributed by atoms with E-state index in [0.717, 1.165) is 11.1 Å². The fourth-order valence-corrected chi connectivity index (χ4v) is 4.68. The first-order valence-corrected chi connectivity index (χ1v) is 12.8. The maximum atomic E-state index is 14.3. The van der Waals surface area contributed by atoms with Crippen molar-refractivity contribution >= 4 is 30.6 Å². The fraction of sp³-hybridized carbons (Fsp3) is 0.310. The molecular weight excluding hydrogens is 508 g/mol. The number of amides is 1. The quantitative estimate of drug-likeness (QED) is 0.234. The van der Waals surface area contributed by atoms with Crippen molar-refractivity contribution < 1.29 is 28.8 Å². The van der Waals surface area contributed by atoms with Crippen LogP contribution in [0.2, 0.25) is 18.2 Å². The number of ether oxygens (including phenoxy) is 1. The van der Waals surface area contributed by atoms with Gasteiger partial charge in [-0.15, -0.1) is 0 Å². The first kappa shape index (κ1) is 29.2. The molecule has 0 radical (unpaired) electrons. The average Bonchev–Trinajstić information content (AvgIpc) is 2.88. The van der Waals surface area contributed by atoms with E-state index in [-0.39, 0.29) is 31.3 Å². The predicted octanol–water partition coefficient (Wildman–Crippen LogP) is 6.33. The molecule has 9 heteroatoms. The van der Waals surface area contributed by atoms with Gasteiger partial charge in [-0.05, 0) is 66.9 Å². The second-order valence-corrected chi connectivity index (χ2v) is 10.4. The van der Waals surface area contributed by atoms with Crippen molar-refractivity contribution in [3.05, 3.63) is 94.8 Å². The van der Waals surface area contributed by atoms with E-state index in [1.54, 1.807) is 31.9 Å². The Morgan fingerprint density at radius 2 is 1.76 bits per heavy atom. The number of rotatable bonds is 12. The Kier molecular flexibility index (Phi) is 10.3. The molecular formula is C29H32BClFNO5. The Bertz CT molecular complexity index is 1230. The number of carbonyl (C=O) groups excluding carboxylic acids is 1. The topological polar surface area (TPSA) is 95.9 Å². The van der Waals surface area contributed by atoms with E-state index in [4.69, 9.17) is 16.3 Å². The molecule has 0 aliphatic carbocycles. The summed E-state index contributed by atoms with van der Waals surface area (Å²) in [5.41, 5.74) is 1.53. The number of hydrogen-bond donors (Lipinski definition) is 3. The van der Waals surface area contributed by atoms with Gasteiger partial charge in [-0.3, -0.25) is 4.79 Å². The lowest BCUT2D eigenvalue weighted by Gasteiger charge is -2.30. The largest absolute Gasteiger partial charge is 0.481 e. The lowest BCUT2D eigenvalue weighted by molar-refractivity contribution is -0.148. The summed E-state index contributed by atoms with van der Waals surface area (Å²) in [6.07, 6.45) is 0.408. The lowest BCUT2D eigenvalue weighted by atomic mass is 9.60. The molecule has 1 amide bonds. The zero-order valence-corrected chi connectivity index (χ0v) is 22.2. The van der Waals surface area contributed by atoms with Gasteiger partial charge in [0.25, 0.3) is 6.92 Å². The second-order valence-electron chi connectivity index (χ2n) is 9.96. The van der Waals surface area contributed by atoms with Gasteiger partial charge in [0.1, 0.15) is 12.4 Å². The molecule has 0 aliphatic heterocycles. The highest BCUT2D eigenvalue weighted by Crippen LogP contribution is 2.32. The number of nitrogens with one attached hydrogen (secondary N) is 1. The van der Waals surface area contributed by atoms with Crippen molar-refractivity contribution in [2.24, 2.45) is 11.3 Å². The molecule has 3 aromatic carbocycles. The van der Waals surface area contributed by atoms with Gasteiger partial charge in [0, 0.05) is 17.1 Å². The van der Waals surface area contributed by atoms with Gasteiger partial charge in [-0.2, -0.15) is 0 Å². The molecule has 0 heterocycles. The molecule has 38 heavy (non-hydrogen) atoms. The molecule has 0 saturated heterocycles. The summed E-state index contributed by atoms with van der Waals surface area (Å²) in [4.78, 5) is 24.5. The SMILES string of the molecule is CB(O)C[C@H](Cc1ccc(-c2cc(Cl)ccc2F)cc1)C[C@@](C)(CNC(=O)OCc1ccccc1)C(=O)O. The van der Waals surface area contributed by atoms with Crippen LogP contribution in [0.25, 0.3) is 11.1 Å². The fourth-order valence-electron chi connectivity index (χ4n) is 4.51. The van der Waals surface area contributed by atoms with Gasteiger partial charge < -0.3 is 20.2 Å². The minimum absolute atomic E-state index is 0.0796. The normalized spacial score (nSPS) is 13.3. The summed E-state index contributed by atoms with van der Waals surface area (Å²) in [6, 6.07) is 20.9. The first-order chi connectivity index (χ1) is 18.1. The zero-order valence-electron chi connectivity index (χ0n) is 21.5. The maximum Gasteiger partial charge on any atom is 0.407 e. The van der Waals surface area contributed by atoms with Crippen LogP contribution in [0, 0.1) is 17.2 Å². The number of halogens is 2. The van der Waals surface area contributed by atoms with E-state index < -0.39 is 24.4 Å². The molecule has 0 aromatic heterocycles. The molecule has 6 nitrogen and oxygen atoms in total. The van der Waals surface area contributed by atoms with Crippen LogP contribution in [0.1, 0.15) is 24.5 Å². The average molecular weight is 540 g/mol. The molecule has 3 N–H and O–H groups in total. The number of hydrogen-bond acceptors (Lipinski definition) is 4. The van der Waals surface area contributed by atoms with E-state index >= 15 is 0 Å². The minimum Gasteiger partial charge on any atom is -0.481 e. The van der Waals surface area contributed by atoms with Crippen LogP contribution in [0.5, 0.6) is 0 Å². The molecule has 2 atom stereocenters. The molecule has 0 bridgehead atoms. The minimum atomic E-state index is -1.28. The number of carboxylic acids is 1. The predicted molar refractivity (Wildman–Crippen MR) is 148 cm³/mol. The molecule has 3 aromatic rings. The Balaban J connectivity index is 1.66.